The Morgan fingerprint density at radius 1 is 1.38 bits per heavy atom. The first-order valence-electron chi connectivity index (χ1n) is 6.58. The highest BCUT2D eigenvalue weighted by Gasteiger charge is 2.29. The molecule has 0 radical (unpaired) electrons. The number of hydrogen-bond donors (Lipinski definition) is 1. The largest absolute Gasteiger partial charge is 0.497 e. The van der Waals surface area contributed by atoms with E-state index in [0.29, 0.717) is 16.4 Å². The van der Waals surface area contributed by atoms with Gasteiger partial charge in [0, 0.05) is 0 Å². The first kappa shape index (κ1) is 13.8. The molecule has 0 amide bonds. The molecule has 0 aliphatic heterocycles. The lowest BCUT2D eigenvalue weighted by molar-refractivity contribution is -0.145. The smallest absolute Gasteiger partial charge is 0.348 e. The average molecular weight is 306 g/mol. The quantitative estimate of drug-likeness (QED) is 0.691. The van der Waals surface area contributed by atoms with Crippen molar-refractivity contribution in [1.82, 2.24) is 4.98 Å². The van der Waals surface area contributed by atoms with Gasteiger partial charge in [0.1, 0.15) is 5.75 Å². The Bertz CT molecular complexity index is 721. The Morgan fingerprint density at radius 3 is 2.76 bits per heavy atom. The van der Waals surface area contributed by atoms with E-state index in [1.54, 1.807) is 6.07 Å². The fourth-order valence-electron chi connectivity index (χ4n) is 2.17. The number of fused-ring (bicyclic) bond motifs is 1. The van der Waals surface area contributed by atoms with Gasteiger partial charge in [0.05, 0.1) is 28.8 Å². The van der Waals surface area contributed by atoms with Crippen molar-refractivity contribution in [2.75, 3.05) is 12.8 Å². The summed E-state index contributed by atoms with van der Waals surface area (Å²) in [4.78, 5) is 28.1. The highest BCUT2D eigenvalue weighted by molar-refractivity contribution is 7.22. The van der Waals surface area contributed by atoms with E-state index in [-0.39, 0.29) is 11.5 Å². The van der Waals surface area contributed by atoms with E-state index >= 15 is 0 Å². The van der Waals surface area contributed by atoms with Crippen molar-refractivity contribution in [2.45, 2.75) is 19.3 Å². The number of aromatic nitrogens is 1. The van der Waals surface area contributed by atoms with E-state index in [9.17, 15) is 9.59 Å². The number of nitrogens with zero attached hydrogens (tertiary/aromatic N) is 1. The molecule has 1 aliphatic rings. The molecule has 2 N–H and O–H groups in total. The zero-order chi connectivity index (χ0) is 15.0. The fourth-order valence-corrected chi connectivity index (χ4v) is 2.96. The third-order valence-electron chi connectivity index (χ3n) is 3.57. The van der Waals surface area contributed by atoms with E-state index in [0.717, 1.165) is 24.0 Å². The topological polar surface area (TPSA) is 91.5 Å². The minimum Gasteiger partial charge on any atom is -0.497 e. The van der Waals surface area contributed by atoms with Gasteiger partial charge in [-0.05, 0) is 25.0 Å². The number of anilines is 1. The van der Waals surface area contributed by atoms with Crippen LogP contribution in [-0.2, 0) is 9.53 Å². The molecule has 2 aromatic rings. The van der Waals surface area contributed by atoms with Crippen LogP contribution in [0.4, 0.5) is 5.13 Å². The van der Waals surface area contributed by atoms with Crippen molar-refractivity contribution in [3.63, 3.8) is 0 Å². The van der Waals surface area contributed by atoms with E-state index in [1.807, 2.05) is 0 Å². The number of rotatable bonds is 3. The van der Waals surface area contributed by atoms with Crippen LogP contribution >= 0.6 is 11.3 Å². The molecule has 0 unspecified atom stereocenters. The van der Waals surface area contributed by atoms with Gasteiger partial charge in [0.25, 0.3) is 0 Å². The Hall–Kier alpha value is -2.15. The molecule has 3 rings (SSSR count). The number of thiazole rings is 1. The lowest BCUT2D eigenvalue weighted by Gasteiger charge is -2.22. The molecular formula is C14H14N2O4S. The average Bonchev–Trinajstić information content (AvgIpc) is 2.74. The van der Waals surface area contributed by atoms with E-state index in [1.165, 1.54) is 24.5 Å². The minimum absolute atomic E-state index is 0.157. The van der Waals surface area contributed by atoms with Gasteiger partial charge in [-0.2, -0.15) is 0 Å². The zero-order valence-corrected chi connectivity index (χ0v) is 12.2. The summed E-state index contributed by atoms with van der Waals surface area (Å²) in [5.41, 5.74) is 6.31. The predicted octanol–water partition coefficient (Wildman–Crippen LogP) is 2.37. The van der Waals surface area contributed by atoms with Crippen molar-refractivity contribution >= 4 is 38.6 Å². The molecule has 0 atom stereocenters. The third kappa shape index (κ3) is 2.56. The molecule has 1 heterocycles. The van der Waals surface area contributed by atoms with Gasteiger partial charge in [-0.15, -0.1) is 0 Å². The third-order valence-corrected chi connectivity index (χ3v) is 4.40. The van der Waals surface area contributed by atoms with Gasteiger partial charge >= 0.3 is 11.9 Å². The van der Waals surface area contributed by atoms with Crippen LogP contribution in [0.15, 0.2) is 12.1 Å². The summed E-state index contributed by atoms with van der Waals surface area (Å²) in [5.74, 6) is -0.837. The van der Waals surface area contributed by atoms with Crippen LogP contribution in [0.3, 0.4) is 0 Å². The first-order valence-corrected chi connectivity index (χ1v) is 7.40. The van der Waals surface area contributed by atoms with Gasteiger partial charge < -0.3 is 15.2 Å². The predicted molar refractivity (Wildman–Crippen MR) is 78.3 cm³/mol. The van der Waals surface area contributed by atoms with Crippen LogP contribution in [0.5, 0.6) is 5.75 Å². The molecule has 0 bridgehead atoms. The number of nitrogens with two attached hydrogens (primary N) is 1. The van der Waals surface area contributed by atoms with Crippen LogP contribution in [0.25, 0.3) is 10.2 Å². The Labute approximate surface area is 124 Å². The molecule has 1 aliphatic carbocycles. The highest BCUT2D eigenvalue weighted by atomic mass is 32.1. The van der Waals surface area contributed by atoms with Gasteiger partial charge in [0.2, 0.25) is 0 Å². The van der Waals surface area contributed by atoms with Gasteiger partial charge in [-0.1, -0.05) is 17.8 Å². The lowest BCUT2D eigenvalue weighted by Crippen LogP contribution is -2.26. The number of nitrogen functional groups attached to an aromatic ring is 1. The van der Waals surface area contributed by atoms with Crippen LogP contribution in [0, 0.1) is 5.92 Å². The highest BCUT2D eigenvalue weighted by Crippen LogP contribution is 2.32. The molecule has 0 saturated heterocycles. The van der Waals surface area contributed by atoms with E-state index < -0.39 is 11.9 Å². The fraction of sp³-hybridized carbons (Fsp3) is 0.357. The standard InChI is InChI=1S/C14H14N2O4S/c1-19-8-5-9(11-10(6-8)21-14(15)16-11)13(18)20-12(17)7-3-2-4-7/h5-7H,2-4H2,1H3,(H2,15,16). The molecule has 1 saturated carbocycles. The molecule has 1 fully saturated rings. The van der Waals surface area contributed by atoms with Crippen LogP contribution < -0.4 is 10.5 Å². The number of methoxy groups -OCH3 is 1. The van der Waals surface area contributed by atoms with Gasteiger partial charge in [-0.3, -0.25) is 4.79 Å². The van der Waals surface area contributed by atoms with Crippen LogP contribution in [0.1, 0.15) is 29.6 Å². The van der Waals surface area contributed by atoms with Crippen LogP contribution in [0.2, 0.25) is 0 Å². The Morgan fingerprint density at radius 2 is 2.14 bits per heavy atom. The summed E-state index contributed by atoms with van der Waals surface area (Å²) in [6.07, 6.45) is 2.56. The monoisotopic (exact) mass is 306 g/mol. The van der Waals surface area contributed by atoms with Crippen molar-refractivity contribution in [2.24, 2.45) is 5.92 Å². The number of hydrogen-bond acceptors (Lipinski definition) is 7. The Kier molecular flexibility index (Phi) is 3.50. The maximum absolute atomic E-state index is 12.2. The minimum atomic E-state index is -0.707. The SMILES string of the molecule is COc1cc(C(=O)OC(=O)C2CCC2)c2nc(N)sc2c1. The maximum atomic E-state index is 12.2. The summed E-state index contributed by atoms with van der Waals surface area (Å²) < 4.78 is 10.8. The first-order chi connectivity index (χ1) is 10.1. The summed E-state index contributed by atoms with van der Waals surface area (Å²) in [6.45, 7) is 0. The number of ether oxygens (including phenoxy) is 2. The number of benzene rings is 1. The second-order valence-electron chi connectivity index (χ2n) is 4.91. The number of esters is 2. The Balaban J connectivity index is 1.93. The molecule has 1 aromatic carbocycles. The van der Waals surface area contributed by atoms with E-state index in [4.69, 9.17) is 15.2 Å². The summed E-state index contributed by atoms with van der Waals surface area (Å²) >= 11 is 1.25. The second-order valence-corrected chi connectivity index (χ2v) is 5.97. The molecule has 6 nitrogen and oxygen atoms in total. The normalized spacial score (nSPS) is 14.7. The summed E-state index contributed by atoms with van der Waals surface area (Å²) in [6, 6.07) is 3.26. The molecule has 0 spiro atoms. The van der Waals surface area contributed by atoms with Crippen molar-refractivity contribution < 1.29 is 19.1 Å². The van der Waals surface area contributed by atoms with Gasteiger partial charge in [-0.25, -0.2) is 9.78 Å². The second kappa shape index (κ2) is 5.33. The van der Waals surface area contributed by atoms with Crippen molar-refractivity contribution in [3.8, 4) is 5.75 Å². The number of carbonyl (C=O) groups is 2. The van der Waals surface area contributed by atoms with E-state index in [2.05, 4.69) is 4.98 Å². The van der Waals surface area contributed by atoms with Crippen LogP contribution in [-0.4, -0.2) is 24.0 Å². The molecular weight excluding hydrogens is 292 g/mol. The summed E-state index contributed by atoms with van der Waals surface area (Å²) in [7, 11) is 1.50. The maximum Gasteiger partial charge on any atom is 0.348 e. The lowest BCUT2D eigenvalue weighted by atomic mass is 9.86. The molecule has 21 heavy (non-hydrogen) atoms. The molecule has 110 valence electrons. The van der Waals surface area contributed by atoms with Crippen molar-refractivity contribution in [3.05, 3.63) is 17.7 Å². The molecule has 1 aromatic heterocycles. The molecule has 7 heteroatoms. The zero-order valence-electron chi connectivity index (χ0n) is 11.4. The van der Waals surface area contributed by atoms with Crippen molar-refractivity contribution in [1.29, 1.82) is 0 Å². The van der Waals surface area contributed by atoms with Gasteiger partial charge in [0.15, 0.2) is 5.13 Å². The summed E-state index contributed by atoms with van der Waals surface area (Å²) in [5, 5.41) is 0.345. The number of carbonyl (C=O) groups excluding carboxylic acids is 2.